The topological polar surface area (TPSA) is 70.3 Å². The minimum absolute atomic E-state index is 0.457. The minimum atomic E-state index is 0.457. The second kappa shape index (κ2) is 8.06. The zero-order chi connectivity index (χ0) is 16.8. The van der Waals surface area contributed by atoms with E-state index in [1.165, 1.54) is 11.8 Å². The van der Waals surface area contributed by atoms with Crippen LogP contribution in [0.15, 0.2) is 35.5 Å². The van der Waals surface area contributed by atoms with Gasteiger partial charge in [-0.15, -0.1) is 4.99 Å². The van der Waals surface area contributed by atoms with E-state index >= 15 is 0 Å². The molecule has 0 amide bonds. The third-order valence-corrected chi connectivity index (χ3v) is 4.05. The highest BCUT2D eigenvalue weighted by Gasteiger charge is 2.12. The van der Waals surface area contributed by atoms with E-state index in [4.69, 9.17) is 33.2 Å². The number of nitrogens with zero attached hydrogens (tertiary/aromatic N) is 3. The Balaban J connectivity index is 2.37. The molecule has 1 heterocycles. The molecule has 1 aromatic carbocycles. The summed E-state index contributed by atoms with van der Waals surface area (Å²) in [5.74, 6) is 0.511. The van der Waals surface area contributed by atoms with Crippen LogP contribution < -0.4 is 10.1 Å². The molecule has 23 heavy (non-hydrogen) atoms. The number of benzene rings is 1. The predicted molar refractivity (Wildman–Crippen MR) is 96.4 cm³/mol. The van der Waals surface area contributed by atoms with Gasteiger partial charge in [0.2, 0.25) is 12.1 Å². The van der Waals surface area contributed by atoms with Crippen molar-refractivity contribution in [2.75, 3.05) is 18.7 Å². The lowest BCUT2D eigenvalue weighted by molar-refractivity contribution is 0.398. The number of hydrogen-bond donors (Lipinski definition) is 1. The molecule has 0 aliphatic heterocycles. The van der Waals surface area contributed by atoms with E-state index in [1.807, 2.05) is 12.3 Å². The molecule has 0 saturated carbocycles. The van der Waals surface area contributed by atoms with E-state index in [0.717, 1.165) is 5.56 Å². The van der Waals surface area contributed by atoms with Gasteiger partial charge < -0.3 is 10.1 Å². The van der Waals surface area contributed by atoms with Crippen LogP contribution in [0, 0.1) is 11.5 Å². The van der Waals surface area contributed by atoms with Crippen LogP contribution in [-0.4, -0.2) is 23.5 Å². The molecule has 0 radical (unpaired) electrons. The van der Waals surface area contributed by atoms with E-state index in [2.05, 4.69) is 15.3 Å². The summed E-state index contributed by atoms with van der Waals surface area (Å²) in [6.07, 6.45) is 5.19. The van der Waals surface area contributed by atoms with Crippen molar-refractivity contribution in [1.82, 2.24) is 4.98 Å². The molecule has 1 N–H and O–H groups in total. The van der Waals surface area contributed by atoms with Crippen LogP contribution in [0.5, 0.6) is 5.88 Å². The number of thioether (sulfide) groups is 1. The predicted octanol–water partition coefficient (Wildman–Crippen LogP) is 4.68. The second-order valence-electron chi connectivity index (χ2n) is 4.25. The Kier molecular flexibility index (Phi) is 6.11. The SMILES string of the molecule is COc1ccc(-c2c(Cl)cc(N/C(=N/C#N)SC)cc2Cl)cn1. The number of amidine groups is 1. The van der Waals surface area contributed by atoms with E-state index in [-0.39, 0.29) is 0 Å². The molecule has 118 valence electrons. The molecule has 0 fully saturated rings. The first kappa shape index (κ1) is 17.4. The number of hydrogen-bond acceptors (Lipinski definition) is 5. The largest absolute Gasteiger partial charge is 0.481 e. The molecule has 2 aromatic rings. The second-order valence-corrected chi connectivity index (χ2v) is 5.86. The lowest BCUT2D eigenvalue weighted by atomic mass is 10.1. The van der Waals surface area contributed by atoms with Gasteiger partial charge in [-0.3, -0.25) is 0 Å². The normalized spacial score (nSPS) is 11.0. The van der Waals surface area contributed by atoms with Gasteiger partial charge in [-0.2, -0.15) is 5.26 Å². The van der Waals surface area contributed by atoms with Crippen molar-refractivity contribution in [1.29, 1.82) is 5.26 Å². The Morgan fingerprint density at radius 2 is 2.04 bits per heavy atom. The first-order valence-electron chi connectivity index (χ1n) is 6.36. The van der Waals surface area contributed by atoms with Gasteiger partial charge in [0.1, 0.15) is 0 Å². The van der Waals surface area contributed by atoms with Crippen LogP contribution in [-0.2, 0) is 0 Å². The van der Waals surface area contributed by atoms with Crippen LogP contribution in [0.3, 0.4) is 0 Å². The summed E-state index contributed by atoms with van der Waals surface area (Å²) in [7, 11) is 1.55. The van der Waals surface area contributed by atoms with Gasteiger partial charge in [0, 0.05) is 29.1 Å². The molecule has 0 unspecified atom stereocenters. The van der Waals surface area contributed by atoms with Crippen LogP contribution in [0.4, 0.5) is 5.69 Å². The van der Waals surface area contributed by atoms with Gasteiger partial charge in [-0.25, -0.2) is 4.98 Å². The van der Waals surface area contributed by atoms with Gasteiger partial charge >= 0.3 is 0 Å². The monoisotopic (exact) mass is 366 g/mol. The van der Waals surface area contributed by atoms with Crippen molar-refractivity contribution in [2.45, 2.75) is 0 Å². The molecule has 0 spiro atoms. The van der Waals surface area contributed by atoms with Crippen LogP contribution in [0.1, 0.15) is 0 Å². The highest BCUT2D eigenvalue weighted by atomic mass is 35.5. The molecule has 0 aliphatic rings. The number of methoxy groups -OCH3 is 1. The average Bonchev–Trinajstić information content (AvgIpc) is 2.54. The number of rotatable bonds is 3. The van der Waals surface area contributed by atoms with Gasteiger partial charge in [0.05, 0.1) is 17.2 Å². The van der Waals surface area contributed by atoms with Gasteiger partial charge in [0.15, 0.2) is 5.17 Å². The van der Waals surface area contributed by atoms with Gasteiger partial charge in [0.25, 0.3) is 0 Å². The first-order chi connectivity index (χ1) is 11.1. The number of anilines is 1. The Bertz CT molecular complexity index is 749. The summed E-state index contributed by atoms with van der Waals surface area (Å²) in [6, 6.07) is 7.00. The van der Waals surface area contributed by atoms with Gasteiger partial charge in [-0.1, -0.05) is 35.0 Å². The zero-order valence-corrected chi connectivity index (χ0v) is 14.6. The fraction of sp³-hybridized carbons (Fsp3) is 0.133. The van der Waals surface area contributed by atoms with Crippen molar-refractivity contribution in [3.63, 3.8) is 0 Å². The fourth-order valence-corrected chi connectivity index (χ4v) is 2.92. The average molecular weight is 367 g/mol. The Morgan fingerprint density at radius 3 is 2.52 bits per heavy atom. The van der Waals surface area contributed by atoms with Gasteiger partial charge in [-0.05, 0) is 24.5 Å². The maximum atomic E-state index is 8.63. The zero-order valence-electron chi connectivity index (χ0n) is 12.3. The number of halogens is 2. The smallest absolute Gasteiger partial charge is 0.212 e. The molecule has 0 bridgehead atoms. The summed E-state index contributed by atoms with van der Waals surface area (Å²) in [6.45, 7) is 0. The standard InChI is InChI=1S/C15H12Cl2N4OS/c1-22-13-4-3-9(7-19-13)14-11(16)5-10(6-12(14)17)21-15(23-2)20-8-18/h3-7H,1-2H3,(H,20,21). The van der Waals surface area contributed by atoms with E-state index < -0.39 is 0 Å². The summed E-state index contributed by atoms with van der Waals surface area (Å²) in [5, 5.41) is 13.0. The quantitative estimate of drug-likeness (QED) is 0.485. The van der Waals surface area contributed by atoms with Crippen LogP contribution >= 0.6 is 35.0 Å². The van der Waals surface area contributed by atoms with Crippen molar-refractivity contribution in [2.24, 2.45) is 4.99 Å². The number of aromatic nitrogens is 1. The molecule has 0 saturated heterocycles. The molecule has 0 aliphatic carbocycles. The van der Waals surface area contributed by atoms with Crippen molar-refractivity contribution in [3.8, 4) is 23.2 Å². The van der Waals surface area contributed by atoms with Crippen LogP contribution in [0.2, 0.25) is 10.0 Å². The van der Waals surface area contributed by atoms with E-state index in [9.17, 15) is 0 Å². The number of ether oxygens (including phenoxy) is 1. The third-order valence-electron chi connectivity index (χ3n) is 2.87. The molecule has 5 nitrogen and oxygen atoms in total. The van der Waals surface area contributed by atoms with Crippen molar-refractivity contribution < 1.29 is 4.74 Å². The molecule has 0 atom stereocenters. The molecular weight excluding hydrogens is 355 g/mol. The van der Waals surface area contributed by atoms with Crippen molar-refractivity contribution in [3.05, 3.63) is 40.5 Å². The lowest BCUT2D eigenvalue weighted by Crippen LogP contribution is -2.06. The summed E-state index contributed by atoms with van der Waals surface area (Å²) >= 11 is 14.0. The fourth-order valence-electron chi connectivity index (χ4n) is 1.86. The Morgan fingerprint density at radius 1 is 1.35 bits per heavy atom. The summed E-state index contributed by atoms with van der Waals surface area (Å²) < 4.78 is 5.03. The Labute approximate surface area is 148 Å². The van der Waals surface area contributed by atoms with E-state index in [0.29, 0.717) is 32.3 Å². The highest BCUT2D eigenvalue weighted by molar-refractivity contribution is 8.13. The minimum Gasteiger partial charge on any atom is -0.481 e. The summed E-state index contributed by atoms with van der Waals surface area (Å²) in [5.41, 5.74) is 2.11. The van der Waals surface area contributed by atoms with Crippen molar-refractivity contribution >= 4 is 45.8 Å². The highest BCUT2D eigenvalue weighted by Crippen LogP contribution is 2.37. The lowest BCUT2D eigenvalue weighted by Gasteiger charge is -2.12. The molecule has 8 heteroatoms. The molecule has 1 aromatic heterocycles. The summed E-state index contributed by atoms with van der Waals surface area (Å²) in [4.78, 5) is 7.81. The van der Waals surface area contributed by atoms with E-state index in [1.54, 1.807) is 37.7 Å². The number of nitrogens with one attached hydrogen (secondary N) is 1. The van der Waals surface area contributed by atoms with Crippen LogP contribution in [0.25, 0.3) is 11.1 Å². The maximum absolute atomic E-state index is 8.63. The number of pyridine rings is 1. The maximum Gasteiger partial charge on any atom is 0.212 e. The first-order valence-corrected chi connectivity index (χ1v) is 8.34. The number of nitriles is 1. The number of aliphatic imine (C=N–C) groups is 1. The third kappa shape index (κ3) is 4.29. The Hall–Kier alpha value is -1.94. The molecular formula is C15H12Cl2N4OS. The molecule has 2 rings (SSSR count).